The van der Waals surface area contributed by atoms with E-state index in [0.717, 1.165) is 5.56 Å². The predicted molar refractivity (Wildman–Crippen MR) is 75.9 cm³/mol. The van der Waals surface area contributed by atoms with E-state index in [2.05, 4.69) is 5.32 Å². The molecule has 4 heteroatoms. The van der Waals surface area contributed by atoms with Crippen molar-refractivity contribution in [1.29, 1.82) is 0 Å². The summed E-state index contributed by atoms with van der Waals surface area (Å²) in [5, 5.41) is 12.2. The van der Waals surface area contributed by atoms with Crippen LogP contribution in [-0.2, 0) is 0 Å². The summed E-state index contributed by atoms with van der Waals surface area (Å²) < 4.78 is 0. The summed E-state index contributed by atoms with van der Waals surface area (Å²) in [4.78, 5) is 23.7. The lowest BCUT2D eigenvalue weighted by atomic mass is 10.1. The van der Waals surface area contributed by atoms with E-state index in [1.807, 2.05) is 13.0 Å². The Hall–Kier alpha value is -2.62. The number of carbonyl (C=O) groups is 2. The molecule has 0 radical (unpaired) electrons. The van der Waals surface area contributed by atoms with Gasteiger partial charge in [-0.2, -0.15) is 0 Å². The number of phenols is 1. The number of carbonyl (C=O) groups excluding carboxylic acids is 2. The van der Waals surface area contributed by atoms with E-state index in [9.17, 15) is 14.7 Å². The lowest BCUT2D eigenvalue weighted by molar-refractivity contribution is 0.0902. The first-order valence-electron chi connectivity index (χ1n) is 6.24. The Balaban J connectivity index is 2.00. The highest BCUT2D eigenvalue weighted by Crippen LogP contribution is 2.18. The first-order chi connectivity index (χ1) is 9.58. The molecule has 0 bridgehead atoms. The van der Waals surface area contributed by atoms with Crippen molar-refractivity contribution in [3.05, 3.63) is 65.2 Å². The third kappa shape index (κ3) is 3.23. The second-order valence-electron chi connectivity index (χ2n) is 4.49. The maximum atomic E-state index is 11.9. The number of aryl methyl sites for hydroxylation is 1. The SMILES string of the molecule is Cc1ccc(C(=O)NCC(=O)c2ccccc2)c(O)c1. The van der Waals surface area contributed by atoms with Gasteiger partial charge in [0.1, 0.15) is 5.75 Å². The number of nitrogens with one attached hydrogen (secondary N) is 1. The molecule has 0 unspecified atom stereocenters. The lowest BCUT2D eigenvalue weighted by Crippen LogP contribution is -2.29. The van der Waals surface area contributed by atoms with Gasteiger partial charge in [-0.3, -0.25) is 9.59 Å². The maximum Gasteiger partial charge on any atom is 0.255 e. The molecule has 0 aliphatic carbocycles. The quantitative estimate of drug-likeness (QED) is 0.837. The van der Waals surface area contributed by atoms with Crippen LogP contribution < -0.4 is 5.32 Å². The molecular weight excluding hydrogens is 254 g/mol. The zero-order chi connectivity index (χ0) is 14.5. The fraction of sp³-hybridized carbons (Fsp3) is 0.125. The molecule has 0 aliphatic heterocycles. The van der Waals surface area contributed by atoms with Gasteiger partial charge < -0.3 is 10.4 Å². The van der Waals surface area contributed by atoms with Crippen molar-refractivity contribution in [2.24, 2.45) is 0 Å². The molecule has 0 heterocycles. The van der Waals surface area contributed by atoms with Crippen LogP contribution in [0.3, 0.4) is 0 Å². The number of aromatic hydroxyl groups is 1. The number of ketones is 1. The fourth-order valence-electron chi connectivity index (χ4n) is 1.82. The average Bonchev–Trinajstić information content (AvgIpc) is 2.45. The standard InChI is InChI=1S/C16H15NO3/c1-11-7-8-13(14(18)9-11)16(20)17-10-15(19)12-5-3-2-4-6-12/h2-9,18H,10H2,1H3,(H,17,20). The summed E-state index contributed by atoms with van der Waals surface area (Å²) in [6.45, 7) is 1.72. The van der Waals surface area contributed by atoms with Gasteiger partial charge in [0.25, 0.3) is 5.91 Å². The van der Waals surface area contributed by atoms with Crippen LogP contribution in [0.1, 0.15) is 26.3 Å². The molecule has 2 N–H and O–H groups in total. The molecule has 0 saturated carbocycles. The predicted octanol–water partition coefficient (Wildman–Crippen LogP) is 2.31. The minimum absolute atomic E-state index is 0.0883. The van der Waals surface area contributed by atoms with Crippen LogP contribution in [0.4, 0.5) is 0 Å². The average molecular weight is 269 g/mol. The molecule has 2 aromatic carbocycles. The third-order valence-electron chi connectivity index (χ3n) is 2.90. The molecule has 1 amide bonds. The highest BCUT2D eigenvalue weighted by Gasteiger charge is 2.12. The van der Waals surface area contributed by atoms with Crippen LogP contribution in [0.5, 0.6) is 5.75 Å². The van der Waals surface area contributed by atoms with Crippen molar-refractivity contribution in [3.8, 4) is 5.75 Å². The Morgan fingerprint density at radius 1 is 1.10 bits per heavy atom. The van der Waals surface area contributed by atoms with Crippen LogP contribution in [0, 0.1) is 6.92 Å². The Morgan fingerprint density at radius 3 is 2.45 bits per heavy atom. The van der Waals surface area contributed by atoms with Gasteiger partial charge in [-0.05, 0) is 24.6 Å². The number of benzene rings is 2. The zero-order valence-corrected chi connectivity index (χ0v) is 11.1. The normalized spacial score (nSPS) is 10.1. The number of rotatable bonds is 4. The minimum atomic E-state index is -0.466. The molecule has 4 nitrogen and oxygen atoms in total. The highest BCUT2D eigenvalue weighted by molar-refractivity contribution is 6.03. The molecule has 20 heavy (non-hydrogen) atoms. The zero-order valence-electron chi connectivity index (χ0n) is 11.1. The monoisotopic (exact) mass is 269 g/mol. The van der Waals surface area contributed by atoms with Gasteiger partial charge in [-0.15, -0.1) is 0 Å². The number of hydrogen-bond acceptors (Lipinski definition) is 3. The van der Waals surface area contributed by atoms with Crippen molar-refractivity contribution in [2.45, 2.75) is 6.92 Å². The van der Waals surface area contributed by atoms with E-state index in [1.54, 1.807) is 30.3 Å². The summed E-state index contributed by atoms with van der Waals surface area (Å²) in [7, 11) is 0. The van der Waals surface area contributed by atoms with E-state index in [-0.39, 0.29) is 23.6 Å². The maximum absolute atomic E-state index is 11.9. The molecule has 102 valence electrons. The second kappa shape index (κ2) is 6.02. The van der Waals surface area contributed by atoms with Crippen molar-refractivity contribution in [2.75, 3.05) is 6.54 Å². The summed E-state index contributed by atoms with van der Waals surface area (Å²) in [6, 6.07) is 13.5. The van der Waals surface area contributed by atoms with Gasteiger partial charge in [-0.25, -0.2) is 0 Å². The largest absolute Gasteiger partial charge is 0.507 e. The molecule has 0 atom stereocenters. The van der Waals surface area contributed by atoms with Gasteiger partial charge >= 0.3 is 0 Å². The van der Waals surface area contributed by atoms with Gasteiger partial charge in [0.2, 0.25) is 0 Å². The number of phenolic OH excluding ortho intramolecular Hbond substituents is 1. The molecule has 0 spiro atoms. The Labute approximate surface area is 117 Å². The molecule has 0 fully saturated rings. The summed E-state index contributed by atoms with van der Waals surface area (Å²) in [5.74, 6) is -0.730. The van der Waals surface area contributed by atoms with Crippen LogP contribution >= 0.6 is 0 Å². The topological polar surface area (TPSA) is 66.4 Å². The van der Waals surface area contributed by atoms with E-state index < -0.39 is 5.91 Å². The fourth-order valence-corrected chi connectivity index (χ4v) is 1.82. The van der Waals surface area contributed by atoms with E-state index in [4.69, 9.17) is 0 Å². The first kappa shape index (κ1) is 13.8. The summed E-state index contributed by atoms with van der Waals surface area (Å²) in [6.07, 6.45) is 0. The summed E-state index contributed by atoms with van der Waals surface area (Å²) >= 11 is 0. The third-order valence-corrected chi connectivity index (χ3v) is 2.90. The van der Waals surface area contributed by atoms with Gasteiger partial charge in [-0.1, -0.05) is 36.4 Å². The number of amides is 1. The van der Waals surface area contributed by atoms with Crippen LogP contribution in [0.15, 0.2) is 48.5 Å². The molecule has 2 aromatic rings. The Morgan fingerprint density at radius 2 is 1.80 bits per heavy atom. The van der Waals surface area contributed by atoms with E-state index in [1.165, 1.54) is 12.1 Å². The Bertz CT molecular complexity index is 635. The number of hydrogen-bond donors (Lipinski definition) is 2. The molecule has 0 saturated heterocycles. The molecule has 2 rings (SSSR count). The van der Waals surface area contributed by atoms with Crippen molar-refractivity contribution in [3.63, 3.8) is 0 Å². The van der Waals surface area contributed by atoms with Crippen molar-refractivity contribution >= 4 is 11.7 Å². The van der Waals surface area contributed by atoms with Crippen molar-refractivity contribution < 1.29 is 14.7 Å². The van der Waals surface area contributed by atoms with Crippen LogP contribution in [0.2, 0.25) is 0 Å². The molecular formula is C16H15NO3. The van der Waals surface area contributed by atoms with Crippen molar-refractivity contribution in [1.82, 2.24) is 5.32 Å². The minimum Gasteiger partial charge on any atom is -0.507 e. The van der Waals surface area contributed by atoms with E-state index >= 15 is 0 Å². The van der Waals surface area contributed by atoms with E-state index in [0.29, 0.717) is 5.56 Å². The molecule has 0 aliphatic rings. The van der Waals surface area contributed by atoms with Gasteiger partial charge in [0, 0.05) is 5.56 Å². The number of Topliss-reactive ketones (excluding diaryl/α,β-unsaturated/α-hetero) is 1. The second-order valence-corrected chi connectivity index (χ2v) is 4.49. The van der Waals surface area contributed by atoms with Crippen LogP contribution in [0.25, 0.3) is 0 Å². The summed E-state index contributed by atoms with van der Waals surface area (Å²) in [5.41, 5.74) is 1.57. The first-order valence-corrected chi connectivity index (χ1v) is 6.24. The van der Waals surface area contributed by atoms with Gasteiger partial charge in [0.15, 0.2) is 5.78 Å². The molecule has 0 aromatic heterocycles. The van der Waals surface area contributed by atoms with Gasteiger partial charge in [0.05, 0.1) is 12.1 Å². The smallest absolute Gasteiger partial charge is 0.255 e. The van der Waals surface area contributed by atoms with Crippen LogP contribution in [-0.4, -0.2) is 23.3 Å². The highest BCUT2D eigenvalue weighted by atomic mass is 16.3. The Kier molecular flexibility index (Phi) is 4.15. The lowest BCUT2D eigenvalue weighted by Gasteiger charge is -2.07.